The van der Waals surface area contributed by atoms with Crippen molar-refractivity contribution in [2.24, 2.45) is 0 Å². The molecule has 1 aliphatic heterocycles. The summed E-state index contributed by atoms with van der Waals surface area (Å²) in [6.07, 6.45) is 8.14. The highest BCUT2D eigenvalue weighted by atomic mass is 16.5. The number of carbonyl (C=O) groups is 1. The smallest absolute Gasteiger partial charge is 0.246 e. The van der Waals surface area contributed by atoms with Crippen LogP contribution >= 0.6 is 0 Å². The van der Waals surface area contributed by atoms with Gasteiger partial charge < -0.3 is 14.1 Å². The Morgan fingerprint density at radius 2 is 1.70 bits per heavy atom. The normalized spacial score (nSPS) is 15.1. The maximum Gasteiger partial charge on any atom is 0.246 e. The van der Waals surface area contributed by atoms with Crippen molar-refractivity contribution in [2.75, 3.05) is 20.2 Å². The molecule has 4 aromatic rings. The first-order valence-corrected chi connectivity index (χ1v) is 11.7. The van der Waals surface area contributed by atoms with E-state index in [4.69, 9.17) is 9.15 Å². The Kier molecular flexibility index (Phi) is 5.91. The number of hydrogen-bond acceptors (Lipinski definition) is 3. The van der Waals surface area contributed by atoms with Crippen molar-refractivity contribution in [2.45, 2.75) is 32.6 Å². The molecule has 2 heterocycles. The fourth-order valence-electron chi connectivity index (χ4n) is 4.85. The van der Waals surface area contributed by atoms with Gasteiger partial charge in [-0.3, -0.25) is 4.79 Å². The van der Waals surface area contributed by atoms with E-state index in [-0.39, 0.29) is 5.91 Å². The van der Waals surface area contributed by atoms with Crippen molar-refractivity contribution in [3.63, 3.8) is 0 Å². The Labute approximate surface area is 194 Å². The van der Waals surface area contributed by atoms with Crippen LogP contribution in [-0.4, -0.2) is 31.0 Å². The van der Waals surface area contributed by atoms with Crippen molar-refractivity contribution in [1.29, 1.82) is 0 Å². The molecule has 33 heavy (non-hydrogen) atoms. The SMILES string of the molecule is COc1cc2occ(-c3cccc4ccccc34)c2cc1/C(C)=C/C(=O)N1CCCCCC1. The van der Waals surface area contributed by atoms with E-state index in [1.54, 1.807) is 13.2 Å². The number of nitrogens with zero attached hydrogens (tertiary/aromatic N) is 1. The lowest BCUT2D eigenvalue weighted by molar-refractivity contribution is -0.125. The van der Waals surface area contributed by atoms with E-state index in [2.05, 4.69) is 48.5 Å². The summed E-state index contributed by atoms with van der Waals surface area (Å²) in [5.41, 5.74) is 4.75. The lowest BCUT2D eigenvalue weighted by atomic mass is 9.96. The predicted octanol–water partition coefficient (Wildman–Crippen LogP) is 7.07. The van der Waals surface area contributed by atoms with E-state index in [1.165, 1.54) is 23.6 Å². The van der Waals surface area contributed by atoms with Gasteiger partial charge in [0.25, 0.3) is 0 Å². The molecule has 0 spiro atoms. The number of amides is 1. The molecule has 0 radical (unpaired) electrons. The average molecular weight is 440 g/mol. The Morgan fingerprint density at radius 1 is 0.939 bits per heavy atom. The summed E-state index contributed by atoms with van der Waals surface area (Å²) in [4.78, 5) is 14.9. The summed E-state index contributed by atoms with van der Waals surface area (Å²) in [5, 5.41) is 3.39. The van der Waals surface area contributed by atoms with Crippen LogP contribution in [0.2, 0.25) is 0 Å². The maximum atomic E-state index is 13.0. The molecule has 0 atom stereocenters. The summed E-state index contributed by atoms with van der Waals surface area (Å²) in [5.74, 6) is 0.789. The second kappa shape index (κ2) is 9.14. The number of methoxy groups -OCH3 is 1. The van der Waals surface area contributed by atoms with Gasteiger partial charge in [-0.15, -0.1) is 0 Å². The van der Waals surface area contributed by atoms with Gasteiger partial charge >= 0.3 is 0 Å². The van der Waals surface area contributed by atoms with Crippen LogP contribution < -0.4 is 4.74 Å². The fraction of sp³-hybridized carbons (Fsp3) is 0.276. The third-order valence-electron chi connectivity index (χ3n) is 6.66. The number of benzene rings is 3. The molecule has 5 rings (SSSR count). The Balaban J connectivity index is 1.59. The van der Waals surface area contributed by atoms with E-state index < -0.39 is 0 Å². The Morgan fingerprint density at radius 3 is 2.48 bits per heavy atom. The molecule has 168 valence electrons. The van der Waals surface area contributed by atoms with Gasteiger partial charge in [-0.2, -0.15) is 0 Å². The third kappa shape index (κ3) is 4.13. The number of ether oxygens (including phenoxy) is 1. The van der Waals surface area contributed by atoms with Gasteiger partial charge in [0, 0.05) is 41.7 Å². The quantitative estimate of drug-likeness (QED) is 0.319. The van der Waals surface area contributed by atoms with E-state index in [0.29, 0.717) is 5.75 Å². The first-order chi connectivity index (χ1) is 16.2. The summed E-state index contributed by atoms with van der Waals surface area (Å²) in [6.45, 7) is 3.66. The van der Waals surface area contributed by atoms with Crippen LogP contribution in [0.15, 0.2) is 71.4 Å². The van der Waals surface area contributed by atoms with Crippen LogP contribution in [0.5, 0.6) is 5.75 Å². The number of rotatable bonds is 4. The molecule has 3 aromatic carbocycles. The minimum atomic E-state index is 0.0815. The molecule has 4 heteroatoms. The molecule has 1 fully saturated rings. The lowest BCUT2D eigenvalue weighted by Gasteiger charge is -2.19. The zero-order valence-electron chi connectivity index (χ0n) is 19.3. The highest BCUT2D eigenvalue weighted by Gasteiger charge is 2.18. The van der Waals surface area contributed by atoms with Crippen molar-refractivity contribution in [3.8, 4) is 16.9 Å². The molecule has 0 N–H and O–H groups in total. The van der Waals surface area contributed by atoms with Gasteiger partial charge in [0.15, 0.2) is 0 Å². The highest BCUT2D eigenvalue weighted by Crippen LogP contribution is 2.39. The van der Waals surface area contributed by atoms with Crippen LogP contribution in [0.25, 0.3) is 38.4 Å². The van der Waals surface area contributed by atoms with Crippen LogP contribution in [0, 0.1) is 0 Å². The lowest BCUT2D eigenvalue weighted by Crippen LogP contribution is -2.30. The molecular formula is C29H29NO3. The Bertz CT molecular complexity index is 1330. The highest BCUT2D eigenvalue weighted by molar-refractivity contribution is 6.06. The van der Waals surface area contributed by atoms with Gasteiger partial charge in [0.2, 0.25) is 5.91 Å². The number of likely N-dealkylation sites (tertiary alicyclic amines) is 1. The van der Waals surface area contributed by atoms with Gasteiger partial charge in [-0.1, -0.05) is 55.3 Å². The number of fused-ring (bicyclic) bond motifs is 2. The summed E-state index contributed by atoms with van der Waals surface area (Å²) in [7, 11) is 1.66. The Hall–Kier alpha value is -3.53. The molecule has 1 amide bonds. The van der Waals surface area contributed by atoms with Crippen LogP contribution in [0.1, 0.15) is 38.2 Å². The van der Waals surface area contributed by atoms with E-state index >= 15 is 0 Å². The topological polar surface area (TPSA) is 42.7 Å². The van der Waals surface area contributed by atoms with Crippen molar-refractivity contribution in [1.82, 2.24) is 4.90 Å². The minimum Gasteiger partial charge on any atom is -0.496 e. The molecule has 4 nitrogen and oxygen atoms in total. The van der Waals surface area contributed by atoms with Crippen LogP contribution in [-0.2, 0) is 4.79 Å². The average Bonchev–Trinajstić information content (AvgIpc) is 3.05. The first kappa shape index (κ1) is 21.3. The largest absolute Gasteiger partial charge is 0.496 e. The number of allylic oxidation sites excluding steroid dienone is 1. The van der Waals surface area contributed by atoms with Crippen molar-refractivity contribution < 1.29 is 13.9 Å². The predicted molar refractivity (Wildman–Crippen MR) is 134 cm³/mol. The molecule has 0 unspecified atom stereocenters. The molecule has 0 aliphatic carbocycles. The number of carbonyl (C=O) groups excluding carboxylic acids is 1. The first-order valence-electron chi connectivity index (χ1n) is 11.7. The molecule has 1 aromatic heterocycles. The summed E-state index contributed by atoms with van der Waals surface area (Å²) < 4.78 is 11.6. The van der Waals surface area contributed by atoms with E-state index in [1.807, 2.05) is 24.2 Å². The monoisotopic (exact) mass is 439 g/mol. The van der Waals surface area contributed by atoms with Crippen molar-refractivity contribution in [3.05, 3.63) is 72.5 Å². The van der Waals surface area contributed by atoms with Gasteiger partial charge in [-0.25, -0.2) is 0 Å². The number of hydrogen-bond donors (Lipinski definition) is 0. The molecule has 0 bridgehead atoms. The van der Waals surface area contributed by atoms with Crippen LogP contribution in [0.3, 0.4) is 0 Å². The van der Waals surface area contributed by atoms with E-state index in [0.717, 1.165) is 59.2 Å². The molecule has 0 saturated carbocycles. The van der Waals surface area contributed by atoms with Crippen LogP contribution in [0.4, 0.5) is 0 Å². The van der Waals surface area contributed by atoms with Crippen molar-refractivity contribution >= 4 is 33.2 Å². The maximum absolute atomic E-state index is 13.0. The standard InChI is InChI=1S/C29H29NO3/c1-20(16-29(31)30-14-7-3-4-8-15-30)24-17-25-26(19-33-28(25)18-27(24)32-2)23-13-9-11-21-10-5-6-12-22(21)23/h5-6,9-13,16-19H,3-4,7-8,14-15H2,1-2H3/b20-16+. The van der Waals surface area contributed by atoms with Gasteiger partial charge in [-0.05, 0) is 47.7 Å². The second-order valence-electron chi connectivity index (χ2n) is 8.79. The summed E-state index contributed by atoms with van der Waals surface area (Å²) in [6, 6.07) is 18.7. The second-order valence-corrected chi connectivity index (χ2v) is 8.79. The zero-order valence-corrected chi connectivity index (χ0v) is 19.3. The summed E-state index contributed by atoms with van der Waals surface area (Å²) >= 11 is 0. The minimum absolute atomic E-state index is 0.0815. The van der Waals surface area contributed by atoms with Gasteiger partial charge in [0.05, 0.1) is 13.4 Å². The number of furan rings is 1. The van der Waals surface area contributed by atoms with Gasteiger partial charge in [0.1, 0.15) is 11.3 Å². The molecule has 1 aliphatic rings. The van der Waals surface area contributed by atoms with E-state index in [9.17, 15) is 4.79 Å². The third-order valence-corrected chi connectivity index (χ3v) is 6.66. The molecular weight excluding hydrogens is 410 g/mol. The zero-order chi connectivity index (χ0) is 22.8. The molecule has 1 saturated heterocycles. The fourth-order valence-corrected chi connectivity index (χ4v) is 4.85.